The lowest BCUT2D eigenvalue weighted by molar-refractivity contribution is 0.0330. The highest BCUT2D eigenvalue weighted by Crippen LogP contribution is 2.64. The number of rotatable bonds is 3. The van der Waals surface area contributed by atoms with E-state index in [1.165, 1.54) is 19.3 Å². The van der Waals surface area contributed by atoms with Crippen molar-refractivity contribution < 1.29 is 9.47 Å². The van der Waals surface area contributed by atoms with Crippen molar-refractivity contribution >= 4 is 0 Å². The van der Waals surface area contributed by atoms with E-state index in [1.807, 2.05) is 6.08 Å². The number of hydrogen-bond donors (Lipinski definition) is 0. The summed E-state index contributed by atoms with van der Waals surface area (Å²) in [4.78, 5) is 0. The largest absolute Gasteiger partial charge is 0.374 e. The third-order valence-electron chi connectivity index (χ3n) is 5.13. The number of hydrogen-bond acceptors (Lipinski definition) is 2. The van der Waals surface area contributed by atoms with Gasteiger partial charge in [-0.2, -0.15) is 0 Å². The van der Waals surface area contributed by atoms with Gasteiger partial charge < -0.3 is 9.47 Å². The smallest absolute Gasteiger partial charge is 0.0876 e. The number of ether oxygens (including phenoxy) is 2. The van der Waals surface area contributed by atoms with Gasteiger partial charge in [-0.1, -0.05) is 6.08 Å². The van der Waals surface area contributed by atoms with Gasteiger partial charge in [0.05, 0.1) is 24.9 Å². The minimum atomic E-state index is 0.531. The van der Waals surface area contributed by atoms with Crippen LogP contribution in [0, 0.1) is 23.7 Å². The monoisotopic (exact) mass is 206 g/mol. The van der Waals surface area contributed by atoms with E-state index in [9.17, 15) is 0 Å². The zero-order valence-corrected chi connectivity index (χ0v) is 8.97. The molecule has 2 heteroatoms. The second-order valence-electron chi connectivity index (χ2n) is 5.61. The molecule has 0 aromatic rings. The molecule has 4 aliphatic rings. The van der Waals surface area contributed by atoms with Crippen LogP contribution < -0.4 is 0 Å². The lowest BCUT2D eigenvalue weighted by atomic mass is 9.81. The Kier molecular flexibility index (Phi) is 1.67. The van der Waals surface area contributed by atoms with E-state index in [1.54, 1.807) is 0 Å². The molecule has 0 aromatic heterocycles. The first-order valence-corrected chi connectivity index (χ1v) is 6.28. The van der Waals surface area contributed by atoms with Gasteiger partial charge in [-0.25, -0.2) is 0 Å². The average molecular weight is 206 g/mol. The molecule has 2 nitrogen and oxygen atoms in total. The van der Waals surface area contributed by atoms with Gasteiger partial charge in [-0.15, -0.1) is 6.58 Å². The van der Waals surface area contributed by atoms with Gasteiger partial charge in [0.1, 0.15) is 0 Å². The SMILES string of the molecule is C=CCOC1C2CCC1C1C2CC2OC21. The second-order valence-corrected chi connectivity index (χ2v) is 5.61. The molecule has 0 aromatic carbocycles. The summed E-state index contributed by atoms with van der Waals surface area (Å²) in [6, 6.07) is 0. The minimum absolute atomic E-state index is 0.531. The van der Waals surface area contributed by atoms with Gasteiger partial charge >= 0.3 is 0 Å². The molecule has 2 bridgehead atoms. The first kappa shape index (κ1) is 8.77. The maximum absolute atomic E-state index is 5.97. The molecule has 0 amide bonds. The van der Waals surface area contributed by atoms with E-state index in [-0.39, 0.29) is 0 Å². The van der Waals surface area contributed by atoms with Crippen LogP contribution in [0.4, 0.5) is 0 Å². The fraction of sp³-hybridized carbons (Fsp3) is 0.846. The van der Waals surface area contributed by atoms with E-state index >= 15 is 0 Å². The third kappa shape index (κ3) is 1.02. The molecule has 0 radical (unpaired) electrons. The van der Waals surface area contributed by atoms with Crippen LogP contribution in [0.15, 0.2) is 12.7 Å². The Morgan fingerprint density at radius 2 is 2.13 bits per heavy atom. The van der Waals surface area contributed by atoms with Crippen molar-refractivity contribution in [3.63, 3.8) is 0 Å². The Morgan fingerprint density at radius 1 is 1.27 bits per heavy atom. The Morgan fingerprint density at radius 3 is 2.93 bits per heavy atom. The van der Waals surface area contributed by atoms with Crippen LogP contribution in [0.5, 0.6) is 0 Å². The summed E-state index contributed by atoms with van der Waals surface area (Å²) >= 11 is 0. The van der Waals surface area contributed by atoms with Gasteiger partial charge in [0.2, 0.25) is 0 Å². The predicted octanol–water partition coefficient (Wildman–Crippen LogP) is 2.00. The molecule has 4 rings (SSSR count). The Hall–Kier alpha value is -0.340. The van der Waals surface area contributed by atoms with Crippen molar-refractivity contribution in [3.8, 4) is 0 Å². The maximum atomic E-state index is 5.97. The molecule has 0 N–H and O–H groups in total. The van der Waals surface area contributed by atoms with Gasteiger partial charge in [-0.05, 0) is 42.9 Å². The van der Waals surface area contributed by atoms with E-state index in [4.69, 9.17) is 9.47 Å². The topological polar surface area (TPSA) is 21.8 Å². The first-order chi connectivity index (χ1) is 7.40. The zero-order chi connectivity index (χ0) is 9.99. The standard InChI is InChI=1S/C13H18O2/c1-2-5-14-12-7-3-4-8(12)11-9(7)6-10-13(11)15-10/h2,7-13H,1,3-6H2. The zero-order valence-electron chi connectivity index (χ0n) is 8.97. The highest BCUT2D eigenvalue weighted by atomic mass is 16.6. The van der Waals surface area contributed by atoms with Crippen LogP contribution in [0.3, 0.4) is 0 Å². The van der Waals surface area contributed by atoms with Crippen LogP contribution >= 0.6 is 0 Å². The molecule has 3 saturated carbocycles. The maximum Gasteiger partial charge on any atom is 0.0876 e. The van der Waals surface area contributed by atoms with Gasteiger partial charge in [0, 0.05) is 0 Å². The molecule has 82 valence electrons. The van der Waals surface area contributed by atoms with E-state index in [0.29, 0.717) is 18.3 Å². The van der Waals surface area contributed by atoms with Crippen LogP contribution in [-0.2, 0) is 9.47 Å². The predicted molar refractivity (Wildman–Crippen MR) is 56.4 cm³/mol. The normalized spacial score (nSPS) is 59.1. The molecule has 7 unspecified atom stereocenters. The molecule has 0 spiro atoms. The first-order valence-electron chi connectivity index (χ1n) is 6.28. The fourth-order valence-corrected chi connectivity index (χ4v) is 4.70. The van der Waals surface area contributed by atoms with Gasteiger partial charge in [0.25, 0.3) is 0 Å². The Balaban J connectivity index is 1.56. The van der Waals surface area contributed by atoms with E-state index in [0.717, 1.165) is 30.3 Å². The van der Waals surface area contributed by atoms with Crippen LogP contribution in [0.2, 0.25) is 0 Å². The van der Waals surface area contributed by atoms with Crippen molar-refractivity contribution in [2.45, 2.75) is 37.6 Å². The van der Waals surface area contributed by atoms with E-state index < -0.39 is 0 Å². The quantitative estimate of drug-likeness (QED) is 0.520. The number of fused-ring (bicyclic) bond motifs is 7. The molecule has 4 fully saturated rings. The molecule has 3 aliphatic carbocycles. The van der Waals surface area contributed by atoms with Crippen molar-refractivity contribution in [1.29, 1.82) is 0 Å². The third-order valence-corrected chi connectivity index (χ3v) is 5.13. The van der Waals surface area contributed by atoms with Gasteiger partial charge in [-0.3, -0.25) is 0 Å². The number of epoxide rings is 1. The summed E-state index contributed by atoms with van der Waals surface area (Å²) in [5, 5.41) is 0. The van der Waals surface area contributed by atoms with Crippen LogP contribution in [0.25, 0.3) is 0 Å². The highest BCUT2D eigenvalue weighted by Gasteiger charge is 2.67. The second kappa shape index (κ2) is 2.86. The molecular formula is C13H18O2. The molecule has 1 aliphatic heterocycles. The lowest BCUT2D eigenvalue weighted by Crippen LogP contribution is -2.23. The molecule has 1 heterocycles. The summed E-state index contributed by atoms with van der Waals surface area (Å²) in [7, 11) is 0. The average Bonchev–Trinajstić information content (AvgIpc) is 2.67. The summed E-state index contributed by atoms with van der Waals surface area (Å²) in [5.41, 5.74) is 0. The fourth-order valence-electron chi connectivity index (χ4n) is 4.70. The molecule has 15 heavy (non-hydrogen) atoms. The van der Waals surface area contributed by atoms with Crippen molar-refractivity contribution in [2.24, 2.45) is 23.7 Å². The van der Waals surface area contributed by atoms with E-state index in [2.05, 4.69) is 6.58 Å². The van der Waals surface area contributed by atoms with Crippen molar-refractivity contribution in [2.75, 3.05) is 6.61 Å². The van der Waals surface area contributed by atoms with Crippen LogP contribution in [0.1, 0.15) is 19.3 Å². The summed E-state index contributed by atoms with van der Waals surface area (Å²) in [6.07, 6.45) is 7.77. The van der Waals surface area contributed by atoms with Crippen molar-refractivity contribution in [3.05, 3.63) is 12.7 Å². The molecule has 1 saturated heterocycles. The van der Waals surface area contributed by atoms with Gasteiger partial charge in [0.15, 0.2) is 0 Å². The lowest BCUT2D eigenvalue weighted by Gasteiger charge is -2.25. The summed E-state index contributed by atoms with van der Waals surface area (Å²) < 4.78 is 11.7. The minimum Gasteiger partial charge on any atom is -0.374 e. The Bertz CT molecular complexity index is 301. The summed E-state index contributed by atoms with van der Waals surface area (Å²) in [6.45, 7) is 4.47. The van der Waals surface area contributed by atoms with Crippen LogP contribution in [-0.4, -0.2) is 24.9 Å². The highest BCUT2D eigenvalue weighted by molar-refractivity contribution is 5.15. The molecule has 7 atom stereocenters. The summed E-state index contributed by atoms with van der Waals surface area (Å²) in [5.74, 6) is 3.43. The van der Waals surface area contributed by atoms with Crippen molar-refractivity contribution in [1.82, 2.24) is 0 Å². The Labute approximate surface area is 90.6 Å². The molecular weight excluding hydrogens is 188 g/mol.